The van der Waals surface area contributed by atoms with Gasteiger partial charge in [-0.15, -0.1) is 0 Å². The van der Waals surface area contributed by atoms with Crippen LogP contribution in [0.3, 0.4) is 0 Å². The van der Waals surface area contributed by atoms with Crippen LogP contribution in [-0.4, -0.2) is 59.1 Å². The van der Waals surface area contributed by atoms with E-state index in [-0.39, 0.29) is 0 Å². The van der Waals surface area contributed by atoms with Crippen LogP contribution in [0.5, 0.6) is 0 Å². The normalized spacial score (nSPS) is 12.4. The number of aliphatic hydroxyl groups excluding tert-OH is 2. The fraction of sp³-hybridized carbons (Fsp3) is 0.800. The van der Waals surface area contributed by atoms with Crippen LogP contribution in [0.2, 0.25) is 4.13 Å². The first-order chi connectivity index (χ1) is 7.56. The number of hydrogen-bond acceptors (Lipinski definition) is 6. The molecule has 0 aromatic heterocycles. The monoisotopic (exact) mass is 444 g/mol. The van der Waals surface area contributed by atoms with Crippen LogP contribution >= 0.6 is 0 Å². The van der Waals surface area contributed by atoms with Crippen molar-refractivity contribution in [2.24, 2.45) is 5.92 Å². The third-order valence-corrected chi connectivity index (χ3v) is 3.89. The van der Waals surface area contributed by atoms with Gasteiger partial charge in [-0.3, -0.25) is 0 Å². The maximum atomic E-state index is 9.34. The van der Waals surface area contributed by atoms with Crippen molar-refractivity contribution in [1.29, 1.82) is 0 Å². The van der Waals surface area contributed by atoms with Crippen LogP contribution in [0.25, 0.3) is 0 Å². The zero-order valence-electron chi connectivity index (χ0n) is 10.4. The summed E-state index contributed by atoms with van der Waals surface area (Å²) >= 11 is 1.54. The van der Waals surface area contributed by atoms with Crippen LogP contribution in [0, 0.1) is 5.92 Å². The van der Waals surface area contributed by atoms with Gasteiger partial charge in [0.25, 0.3) is 0 Å². The Morgan fingerprint density at radius 2 is 1.12 bits per heavy atom. The van der Waals surface area contributed by atoms with E-state index in [1.165, 1.54) is 28.8 Å². The van der Waals surface area contributed by atoms with Crippen molar-refractivity contribution in [1.82, 2.24) is 0 Å². The molecule has 0 bridgehead atoms. The predicted octanol–water partition coefficient (Wildman–Crippen LogP) is -2.54. The molecule has 7 heteroatoms. The molecule has 0 amide bonds. The average Bonchev–Trinajstić information content (AvgIpc) is 2.19. The van der Waals surface area contributed by atoms with Gasteiger partial charge in [0, 0.05) is 0 Å². The van der Waals surface area contributed by atoms with Crippen molar-refractivity contribution in [3.05, 3.63) is 0 Å². The summed E-state index contributed by atoms with van der Waals surface area (Å²) in [5, 5.41) is 34.6. The largest absolute Gasteiger partial charge is 0.547 e. The van der Waals surface area contributed by atoms with E-state index < -0.39 is 24.1 Å². The fourth-order valence-corrected chi connectivity index (χ4v) is 0. The van der Waals surface area contributed by atoms with Gasteiger partial charge in [-0.1, -0.05) is 0 Å². The summed E-state index contributed by atoms with van der Waals surface area (Å²) in [5.41, 5.74) is 0. The van der Waals surface area contributed by atoms with E-state index in [2.05, 4.69) is 13.8 Å². The van der Waals surface area contributed by atoms with Gasteiger partial charge in [0.05, 0.1) is 24.1 Å². The van der Waals surface area contributed by atoms with E-state index in [9.17, 15) is 19.8 Å². The molecule has 17 heavy (non-hydrogen) atoms. The van der Waals surface area contributed by atoms with Gasteiger partial charge in [-0.25, -0.2) is 0 Å². The molecule has 0 aromatic rings. The molecule has 0 aromatic carbocycles. The molecule has 0 aliphatic rings. The van der Waals surface area contributed by atoms with E-state index in [4.69, 9.17) is 10.2 Å². The van der Waals surface area contributed by atoms with Gasteiger partial charge >= 0.3 is 48.6 Å². The van der Waals surface area contributed by atoms with Gasteiger partial charge < -0.3 is 30.0 Å². The molecule has 0 rings (SSSR count). The van der Waals surface area contributed by atoms with E-state index >= 15 is 0 Å². The third-order valence-electron chi connectivity index (χ3n) is 1.05. The maximum Gasteiger partial charge on any atom is 0.0905 e. The molecular formula is C10H19BiO6. The van der Waals surface area contributed by atoms with Crippen LogP contribution < -0.4 is 10.2 Å². The second-order valence-electron chi connectivity index (χ2n) is 3.57. The minimum absolute atomic E-state index is 0.934. The van der Waals surface area contributed by atoms with Gasteiger partial charge in [0.2, 0.25) is 0 Å². The summed E-state index contributed by atoms with van der Waals surface area (Å²) in [4.78, 5) is 18.7. The minimum atomic E-state index is -1.44. The summed E-state index contributed by atoms with van der Waals surface area (Å²) < 4.78 is 1.42. The van der Waals surface area contributed by atoms with Crippen molar-refractivity contribution in [2.45, 2.75) is 44.0 Å². The van der Waals surface area contributed by atoms with Crippen molar-refractivity contribution in [2.75, 3.05) is 0 Å². The Balaban J connectivity index is -0.000000174. The van der Waals surface area contributed by atoms with E-state index in [1.807, 2.05) is 0 Å². The van der Waals surface area contributed by atoms with Crippen molar-refractivity contribution >= 4 is 36.7 Å². The van der Waals surface area contributed by atoms with E-state index in [1.54, 1.807) is 0 Å². The molecule has 0 saturated carbocycles. The molecular weight excluding hydrogens is 425 g/mol. The first-order valence-electron chi connectivity index (χ1n) is 4.94. The van der Waals surface area contributed by atoms with Gasteiger partial charge in [0.15, 0.2) is 0 Å². The molecule has 0 fully saturated rings. The Hall–Kier alpha value is -0.257. The molecule has 0 aliphatic carbocycles. The molecule has 2 N–H and O–H groups in total. The maximum absolute atomic E-state index is 9.34. The van der Waals surface area contributed by atoms with Crippen LogP contribution in [0.4, 0.5) is 0 Å². The Morgan fingerprint density at radius 1 is 1.00 bits per heavy atom. The number of hydrogen-bond donors (Lipinski definition) is 2. The van der Waals surface area contributed by atoms with Crippen LogP contribution in [0.1, 0.15) is 27.7 Å². The molecule has 0 aliphatic heterocycles. The average molecular weight is 444 g/mol. The third kappa shape index (κ3) is 31.3. The summed E-state index contributed by atoms with van der Waals surface area (Å²) in [7, 11) is 0. The number of rotatable bonds is 3. The Morgan fingerprint density at radius 3 is 1.12 bits per heavy atom. The van der Waals surface area contributed by atoms with E-state index in [0.717, 1.165) is 19.8 Å². The predicted molar refractivity (Wildman–Crippen MR) is 58.8 cm³/mol. The number of aliphatic hydroxyl groups is 2. The number of carboxylic acid groups (broad SMARTS) is 2. The van der Waals surface area contributed by atoms with Gasteiger partial charge in [-0.2, -0.15) is 0 Å². The smallest absolute Gasteiger partial charge is 0.0905 e. The SMILES string of the molecule is CC(C)[CH2][Bi+2].CC(O)C(=O)[O-].CC(O)C(=O)[O-]. The van der Waals surface area contributed by atoms with E-state index in [0.29, 0.717) is 0 Å². The van der Waals surface area contributed by atoms with Gasteiger partial charge in [-0.05, 0) is 13.8 Å². The first-order valence-corrected chi connectivity index (χ1v) is 7.40. The Bertz CT molecular complexity index is 185. The summed E-state index contributed by atoms with van der Waals surface area (Å²) in [6.45, 7) is 6.77. The van der Waals surface area contributed by atoms with Crippen LogP contribution in [-0.2, 0) is 9.59 Å². The molecule has 100 valence electrons. The van der Waals surface area contributed by atoms with Gasteiger partial charge in [0.1, 0.15) is 0 Å². The van der Waals surface area contributed by atoms with Crippen LogP contribution in [0.15, 0.2) is 0 Å². The van der Waals surface area contributed by atoms with Crippen molar-refractivity contribution in [3.63, 3.8) is 0 Å². The second kappa shape index (κ2) is 13.8. The first kappa shape index (κ1) is 22.0. The number of carbonyl (C=O) groups excluding carboxylic acids is 2. The standard InChI is InChI=1S/C4H9.2C3H6O3.Bi/c1-4(2)3;2*1-2(4)3(5)6;/h4H,1H2,2-3H3;2*2,4H,1H3,(H,5,6);/q;;;+2/p-2. The molecule has 0 spiro atoms. The molecule has 6 nitrogen and oxygen atoms in total. The summed E-state index contributed by atoms with van der Waals surface area (Å²) in [6, 6.07) is 0. The summed E-state index contributed by atoms with van der Waals surface area (Å²) in [6.07, 6.45) is -2.69. The minimum Gasteiger partial charge on any atom is -0.547 e. The number of carboxylic acids is 2. The Labute approximate surface area is 117 Å². The molecule has 0 heterocycles. The molecule has 2 radical (unpaired) electrons. The molecule has 2 atom stereocenters. The number of carbonyl (C=O) groups is 2. The molecule has 0 saturated heterocycles. The Kier molecular flexibility index (Phi) is 17.8. The molecule has 2 unspecified atom stereocenters. The zero-order valence-corrected chi connectivity index (χ0v) is 13.9. The quantitative estimate of drug-likeness (QED) is 0.463. The number of aliphatic carboxylic acids is 2. The summed E-state index contributed by atoms with van der Waals surface area (Å²) in [5.74, 6) is -1.94. The fourth-order valence-electron chi connectivity index (χ4n) is 0. The second-order valence-corrected chi connectivity index (χ2v) is 4.99. The van der Waals surface area contributed by atoms with Crippen molar-refractivity contribution in [3.8, 4) is 0 Å². The van der Waals surface area contributed by atoms with Crippen molar-refractivity contribution < 1.29 is 30.0 Å². The zero-order chi connectivity index (χ0) is 14.6. The topological polar surface area (TPSA) is 121 Å².